The van der Waals surface area contributed by atoms with Gasteiger partial charge in [0.15, 0.2) is 0 Å². The molecule has 0 spiro atoms. The average molecular weight is 279 g/mol. The number of carbonyl (C=O) groups excluding carboxylic acids is 1. The summed E-state index contributed by atoms with van der Waals surface area (Å²) < 4.78 is 0. The van der Waals surface area contributed by atoms with E-state index in [0.717, 1.165) is 32.6 Å². The number of hydrogen-bond donors (Lipinski definition) is 0. The minimum absolute atomic E-state index is 0.0490. The van der Waals surface area contributed by atoms with E-state index >= 15 is 0 Å². The van der Waals surface area contributed by atoms with Gasteiger partial charge in [0.25, 0.3) is 0 Å². The van der Waals surface area contributed by atoms with Crippen molar-refractivity contribution in [1.82, 2.24) is 9.80 Å². The molecule has 0 N–H and O–H groups in total. The highest BCUT2D eigenvalue weighted by atomic mass is 16.2. The van der Waals surface area contributed by atoms with Gasteiger partial charge in [0.2, 0.25) is 5.91 Å². The molecule has 4 heteroatoms. The van der Waals surface area contributed by atoms with Crippen LogP contribution in [0.3, 0.4) is 0 Å². The molecule has 0 aliphatic carbocycles. The standard InChI is InChI=1S/C16H29N3O/c1-13(11-16(3,4)5)10-15(20)19-8-6-18(7-9-19)14(2)12-17/h13-14H,6-11H2,1-5H3. The van der Waals surface area contributed by atoms with Gasteiger partial charge in [-0.05, 0) is 24.7 Å². The first-order valence-corrected chi connectivity index (χ1v) is 7.64. The van der Waals surface area contributed by atoms with Crippen molar-refractivity contribution in [1.29, 1.82) is 5.26 Å². The number of carbonyl (C=O) groups is 1. The number of amides is 1. The molecule has 1 amide bonds. The number of nitriles is 1. The second-order valence-electron chi connectivity index (χ2n) is 7.30. The van der Waals surface area contributed by atoms with Gasteiger partial charge < -0.3 is 4.90 Å². The monoisotopic (exact) mass is 279 g/mol. The maximum Gasteiger partial charge on any atom is 0.222 e. The predicted molar refractivity (Wildman–Crippen MR) is 81.1 cm³/mol. The van der Waals surface area contributed by atoms with Gasteiger partial charge in [-0.15, -0.1) is 0 Å². The van der Waals surface area contributed by atoms with Gasteiger partial charge in [0.05, 0.1) is 12.1 Å². The van der Waals surface area contributed by atoms with Crippen molar-refractivity contribution in [3.05, 3.63) is 0 Å². The van der Waals surface area contributed by atoms with Crippen LogP contribution in [0.15, 0.2) is 0 Å². The summed E-state index contributed by atoms with van der Waals surface area (Å²) in [4.78, 5) is 16.4. The molecule has 0 radical (unpaired) electrons. The number of rotatable bonds is 4. The van der Waals surface area contributed by atoms with Crippen LogP contribution in [0.1, 0.15) is 47.5 Å². The predicted octanol–water partition coefficient (Wildman–Crippen LogP) is 2.51. The van der Waals surface area contributed by atoms with Gasteiger partial charge in [-0.25, -0.2) is 0 Å². The van der Waals surface area contributed by atoms with Crippen LogP contribution < -0.4 is 0 Å². The Morgan fingerprint density at radius 1 is 1.20 bits per heavy atom. The fourth-order valence-electron chi connectivity index (χ4n) is 2.99. The summed E-state index contributed by atoms with van der Waals surface area (Å²) in [7, 11) is 0. The van der Waals surface area contributed by atoms with Gasteiger partial charge >= 0.3 is 0 Å². The Morgan fingerprint density at radius 3 is 2.20 bits per heavy atom. The Balaban J connectivity index is 2.38. The average Bonchev–Trinajstić information content (AvgIpc) is 2.35. The van der Waals surface area contributed by atoms with Crippen LogP contribution in [0.5, 0.6) is 0 Å². The van der Waals surface area contributed by atoms with E-state index in [1.807, 2.05) is 11.8 Å². The van der Waals surface area contributed by atoms with E-state index in [1.165, 1.54) is 0 Å². The molecule has 20 heavy (non-hydrogen) atoms. The molecule has 1 fully saturated rings. The first-order chi connectivity index (χ1) is 9.23. The highest BCUT2D eigenvalue weighted by Gasteiger charge is 2.25. The summed E-state index contributed by atoms with van der Waals surface area (Å²) in [5, 5.41) is 8.92. The second-order valence-corrected chi connectivity index (χ2v) is 7.30. The summed E-state index contributed by atoms with van der Waals surface area (Å²) in [6.45, 7) is 13.9. The van der Waals surface area contributed by atoms with E-state index in [4.69, 9.17) is 5.26 Å². The molecule has 1 aliphatic rings. The lowest BCUT2D eigenvalue weighted by Gasteiger charge is -2.36. The minimum Gasteiger partial charge on any atom is -0.340 e. The van der Waals surface area contributed by atoms with Crippen LogP contribution in [0.2, 0.25) is 0 Å². The molecule has 0 aromatic carbocycles. The van der Waals surface area contributed by atoms with Crippen molar-refractivity contribution in [2.75, 3.05) is 26.2 Å². The van der Waals surface area contributed by atoms with E-state index < -0.39 is 0 Å². The first kappa shape index (κ1) is 17.0. The Kier molecular flexibility index (Phi) is 6.01. The van der Waals surface area contributed by atoms with Gasteiger partial charge in [-0.2, -0.15) is 5.26 Å². The fourth-order valence-corrected chi connectivity index (χ4v) is 2.99. The highest BCUT2D eigenvalue weighted by Crippen LogP contribution is 2.26. The maximum absolute atomic E-state index is 12.3. The highest BCUT2D eigenvalue weighted by molar-refractivity contribution is 5.76. The van der Waals surface area contributed by atoms with Crippen molar-refractivity contribution in [3.63, 3.8) is 0 Å². The summed E-state index contributed by atoms with van der Waals surface area (Å²) >= 11 is 0. The molecule has 2 atom stereocenters. The number of piperazine rings is 1. The molecule has 2 unspecified atom stereocenters. The summed E-state index contributed by atoms with van der Waals surface area (Å²) in [6.07, 6.45) is 1.72. The molecular weight excluding hydrogens is 250 g/mol. The van der Waals surface area contributed by atoms with Gasteiger partial charge in [-0.3, -0.25) is 9.69 Å². The van der Waals surface area contributed by atoms with Crippen molar-refractivity contribution >= 4 is 5.91 Å². The molecular formula is C16H29N3O. The van der Waals surface area contributed by atoms with Crippen molar-refractivity contribution in [2.24, 2.45) is 11.3 Å². The van der Waals surface area contributed by atoms with Crippen LogP contribution >= 0.6 is 0 Å². The SMILES string of the molecule is CC(CC(=O)N1CCN(C(C)C#N)CC1)CC(C)(C)C. The Labute approximate surface area is 123 Å². The number of hydrogen-bond acceptors (Lipinski definition) is 3. The lowest BCUT2D eigenvalue weighted by atomic mass is 9.84. The third-order valence-electron chi connectivity index (χ3n) is 3.89. The zero-order valence-electron chi connectivity index (χ0n) is 13.6. The molecule has 0 saturated carbocycles. The molecule has 0 aromatic heterocycles. The zero-order chi connectivity index (χ0) is 15.3. The molecule has 0 bridgehead atoms. The fraction of sp³-hybridized carbons (Fsp3) is 0.875. The van der Waals surface area contributed by atoms with E-state index in [-0.39, 0.29) is 17.4 Å². The van der Waals surface area contributed by atoms with Crippen LogP contribution in [0.25, 0.3) is 0 Å². The van der Waals surface area contributed by atoms with Gasteiger partial charge in [-0.1, -0.05) is 27.7 Å². The van der Waals surface area contributed by atoms with Crippen LogP contribution in [0.4, 0.5) is 0 Å². The van der Waals surface area contributed by atoms with Crippen LogP contribution in [-0.4, -0.2) is 47.9 Å². The minimum atomic E-state index is -0.0490. The lowest BCUT2D eigenvalue weighted by molar-refractivity contribution is -0.134. The summed E-state index contributed by atoms with van der Waals surface area (Å²) in [5.41, 5.74) is 0.278. The zero-order valence-corrected chi connectivity index (χ0v) is 13.6. The number of nitrogens with zero attached hydrogens (tertiary/aromatic N) is 3. The van der Waals surface area contributed by atoms with Crippen LogP contribution in [0, 0.1) is 22.7 Å². The molecule has 1 heterocycles. The van der Waals surface area contributed by atoms with Crippen molar-refractivity contribution in [3.8, 4) is 6.07 Å². The normalized spacial score (nSPS) is 20.3. The Bertz CT molecular complexity index is 359. The Hall–Kier alpha value is -1.08. The van der Waals surface area contributed by atoms with Crippen molar-refractivity contribution in [2.45, 2.75) is 53.5 Å². The molecule has 114 valence electrons. The third-order valence-corrected chi connectivity index (χ3v) is 3.89. The molecule has 4 nitrogen and oxygen atoms in total. The second kappa shape index (κ2) is 7.08. The van der Waals surface area contributed by atoms with Gasteiger partial charge in [0, 0.05) is 32.6 Å². The third kappa shape index (κ3) is 5.50. The summed E-state index contributed by atoms with van der Waals surface area (Å²) in [5.74, 6) is 0.699. The first-order valence-electron chi connectivity index (χ1n) is 7.64. The smallest absolute Gasteiger partial charge is 0.222 e. The lowest BCUT2D eigenvalue weighted by Crippen LogP contribution is -2.51. The van der Waals surface area contributed by atoms with Gasteiger partial charge in [0.1, 0.15) is 0 Å². The maximum atomic E-state index is 12.3. The van der Waals surface area contributed by atoms with E-state index in [9.17, 15) is 4.79 Å². The summed E-state index contributed by atoms with van der Waals surface area (Å²) in [6, 6.07) is 2.21. The topological polar surface area (TPSA) is 47.3 Å². The quantitative estimate of drug-likeness (QED) is 0.794. The molecule has 1 saturated heterocycles. The molecule has 1 rings (SSSR count). The van der Waals surface area contributed by atoms with Crippen LogP contribution in [-0.2, 0) is 4.79 Å². The molecule has 1 aliphatic heterocycles. The largest absolute Gasteiger partial charge is 0.340 e. The van der Waals surface area contributed by atoms with Crippen molar-refractivity contribution < 1.29 is 4.79 Å². The Morgan fingerprint density at radius 2 is 1.75 bits per heavy atom. The van der Waals surface area contributed by atoms with E-state index in [0.29, 0.717) is 12.3 Å². The van der Waals surface area contributed by atoms with E-state index in [2.05, 4.69) is 38.7 Å². The molecule has 0 aromatic rings. The van der Waals surface area contributed by atoms with E-state index in [1.54, 1.807) is 0 Å².